The standard InChI is InChI=1S/C15H18N2O/c1-12(13-6-5-8-15(10-13)18-2)17-11-14-7-3-4-9-16-14/h3-10,12,17H,11H2,1-2H3/t12-/m0/s1. The molecular weight excluding hydrogens is 224 g/mol. The second kappa shape index (κ2) is 6.17. The van der Waals surface area contributed by atoms with E-state index in [9.17, 15) is 0 Å². The van der Waals surface area contributed by atoms with Gasteiger partial charge in [-0.3, -0.25) is 4.98 Å². The second-order valence-electron chi connectivity index (χ2n) is 4.20. The van der Waals surface area contributed by atoms with E-state index in [2.05, 4.69) is 29.4 Å². The normalized spacial score (nSPS) is 12.1. The third kappa shape index (κ3) is 3.31. The lowest BCUT2D eigenvalue weighted by atomic mass is 10.1. The third-order valence-electron chi connectivity index (χ3n) is 2.91. The number of methoxy groups -OCH3 is 1. The summed E-state index contributed by atoms with van der Waals surface area (Å²) in [4.78, 5) is 4.29. The van der Waals surface area contributed by atoms with Gasteiger partial charge in [0.2, 0.25) is 0 Å². The first kappa shape index (κ1) is 12.6. The molecule has 0 saturated carbocycles. The van der Waals surface area contributed by atoms with Crippen molar-refractivity contribution < 1.29 is 4.74 Å². The van der Waals surface area contributed by atoms with Crippen LogP contribution in [0.1, 0.15) is 24.2 Å². The number of pyridine rings is 1. The van der Waals surface area contributed by atoms with E-state index >= 15 is 0 Å². The molecule has 2 rings (SSSR count). The van der Waals surface area contributed by atoms with Gasteiger partial charge in [0.25, 0.3) is 0 Å². The van der Waals surface area contributed by atoms with Crippen LogP contribution in [0.5, 0.6) is 5.75 Å². The van der Waals surface area contributed by atoms with Crippen LogP contribution in [0.3, 0.4) is 0 Å². The highest BCUT2D eigenvalue weighted by atomic mass is 16.5. The van der Waals surface area contributed by atoms with E-state index in [4.69, 9.17) is 4.74 Å². The molecule has 0 amide bonds. The van der Waals surface area contributed by atoms with Crippen molar-refractivity contribution >= 4 is 0 Å². The number of nitrogens with one attached hydrogen (secondary N) is 1. The van der Waals surface area contributed by atoms with Gasteiger partial charge in [-0.05, 0) is 36.8 Å². The van der Waals surface area contributed by atoms with Gasteiger partial charge in [0, 0.05) is 18.8 Å². The van der Waals surface area contributed by atoms with Gasteiger partial charge in [0.1, 0.15) is 5.75 Å². The molecule has 0 radical (unpaired) electrons. The number of ether oxygens (including phenoxy) is 1. The van der Waals surface area contributed by atoms with Gasteiger partial charge >= 0.3 is 0 Å². The van der Waals surface area contributed by atoms with Crippen LogP contribution < -0.4 is 10.1 Å². The minimum Gasteiger partial charge on any atom is -0.497 e. The fourth-order valence-electron chi connectivity index (χ4n) is 1.79. The SMILES string of the molecule is COc1cccc([C@H](C)NCc2ccccn2)c1. The van der Waals surface area contributed by atoms with E-state index in [0.29, 0.717) is 0 Å². The number of benzene rings is 1. The predicted molar refractivity (Wildman–Crippen MR) is 72.5 cm³/mol. The van der Waals surface area contributed by atoms with Gasteiger partial charge in [0.05, 0.1) is 12.8 Å². The molecule has 2 aromatic rings. The largest absolute Gasteiger partial charge is 0.497 e. The van der Waals surface area contributed by atoms with Crippen molar-refractivity contribution in [1.82, 2.24) is 10.3 Å². The van der Waals surface area contributed by atoms with Gasteiger partial charge in [-0.15, -0.1) is 0 Å². The lowest BCUT2D eigenvalue weighted by Gasteiger charge is -2.14. The monoisotopic (exact) mass is 242 g/mol. The predicted octanol–water partition coefficient (Wildman–Crippen LogP) is 2.94. The van der Waals surface area contributed by atoms with Crippen LogP contribution in [-0.2, 0) is 6.54 Å². The lowest BCUT2D eigenvalue weighted by molar-refractivity contribution is 0.413. The van der Waals surface area contributed by atoms with Crippen LogP contribution in [0.15, 0.2) is 48.7 Å². The molecular formula is C15H18N2O. The summed E-state index contributed by atoms with van der Waals surface area (Å²) < 4.78 is 5.23. The highest BCUT2D eigenvalue weighted by Crippen LogP contribution is 2.18. The zero-order valence-corrected chi connectivity index (χ0v) is 10.8. The topological polar surface area (TPSA) is 34.1 Å². The Hall–Kier alpha value is -1.87. The first-order valence-corrected chi connectivity index (χ1v) is 6.07. The Bertz CT molecular complexity index is 485. The van der Waals surface area contributed by atoms with Gasteiger partial charge < -0.3 is 10.1 Å². The maximum Gasteiger partial charge on any atom is 0.119 e. The van der Waals surface area contributed by atoms with Crippen molar-refractivity contribution in [3.63, 3.8) is 0 Å². The van der Waals surface area contributed by atoms with Crippen LogP contribution >= 0.6 is 0 Å². The molecule has 0 fully saturated rings. The summed E-state index contributed by atoms with van der Waals surface area (Å²) in [6.45, 7) is 2.90. The van der Waals surface area contributed by atoms with E-state index in [1.165, 1.54) is 5.56 Å². The number of aromatic nitrogens is 1. The number of nitrogens with zero attached hydrogens (tertiary/aromatic N) is 1. The van der Waals surface area contributed by atoms with Crippen molar-refractivity contribution in [1.29, 1.82) is 0 Å². The quantitative estimate of drug-likeness (QED) is 0.875. The maximum absolute atomic E-state index is 5.23. The van der Waals surface area contributed by atoms with Crippen LogP contribution in [0.25, 0.3) is 0 Å². The van der Waals surface area contributed by atoms with Gasteiger partial charge in [-0.25, -0.2) is 0 Å². The second-order valence-corrected chi connectivity index (χ2v) is 4.20. The van der Waals surface area contributed by atoms with Crippen molar-refractivity contribution in [3.8, 4) is 5.75 Å². The molecule has 0 aliphatic rings. The van der Waals surface area contributed by atoms with Gasteiger partial charge in [-0.2, -0.15) is 0 Å². The molecule has 1 aromatic heterocycles. The smallest absolute Gasteiger partial charge is 0.119 e. The Balaban J connectivity index is 1.97. The molecule has 1 heterocycles. The molecule has 1 aromatic carbocycles. The van der Waals surface area contributed by atoms with Crippen molar-refractivity contribution in [2.24, 2.45) is 0 Å². The fraction of sp³-hybridized carbons (Fsp3) is 0.267. The average Bonchev–Trinajstić information content (AvgIpc) is 2.46. The first-order valence-electron chi connectivity index (χ1n) is 6.07. The Morgan fingerprint density at radius 3 is 2.83 bits per heavy atom. The summed E-state index contributed by atoms with van der Waals surface area (Å²) in [6.07, 6.45) is 1.81. The van der Waals surface area contributed by atoms with E-state index < -0.39 is 0 Å². The van der Waals surface area contributed by atoms with E-state index in [-0.39, 0.29) is 6.04 Å². The maximum atomic E-state index is 5.23. The minimum absolute atomic E-state index is 0.266. The summed E-state index contributed by atoms with van der Waals surface area (Å²) >= 11 is 0. The van der Waals surface area contributed by atoms with Crippen molar-refractivity contribution in [2.75, 3.05) is 7.11 Å². The minimum atomic E-state index is 0.266. The molecule has 0 spiro atoms. The van der Waals surface area contributed by atoms with Gasteiger partial charge in [0.15, 0.2) is 0 Å². The molecule has 18 heavy (non-hydrogen) atoms. The highest BCUT2D eigenvalue weighted by molar-refractivity contribution is 5.30. The zero-order valence-electron chi connectivity index (χ0n) is 10.8. The number of rotatable bonds is 5. The molecule has 0 unspecified atom stereocenters. The Labute approximate surface area is 108 Å². The van der Waals surface area contributed by atoms with Crippen molar-refractivity contribution in [2.45, 2.75) is 19.5 Å². The molecule has 0 aliphatic heterocycles. The summed E-state index contributed by atoms with van der Waals surface area (Å²) in [5.74, 6) is 0.888. The molecule has 3 heteroatoms. The van der Waals surface area contributed by atoms with E-state index in [0.717, 1.165) is 18.0 Å². The Morgan fingerprint density at radius 1 is 1.22 bits per heavy atom. The molecule has 1 atom stereocenters. The van der Waals surface area contributed by atoms with Crippen molar-refractivity contribution in [3.05, 3.63) is 59.9 Å². The van der Waals surface area contributed by atoms with Crippen LogP contribution in [0.2, 0.25) is 0 Å². The van der Waals surface area contributed by atoms with Crippen LogP contribution in [0, 0.1) is 0 Å². The fourth-order valence-corrected chi connectivity index (χ4v) is 1.79. The first-order chi connectivity index (χ1) is 8.79. The molecule has 0 bridgehead atoms. The summed E-state index contributed by atoms with van der Waals surface area (Å²) in [5.41, 5.74) is 2.26. The molecule has 0 saturated heterocycles. The van der Waals surface area contributed by atoms with Gasteiger partial charge in [-0.1, -0.05) is 18.2 Å². The molecule has 94 valence electrons. The summed E-state index contributed by atoms with van der Waals surface area (Å²) in [7, 11) is 1.69. The summed E-state index contributed by atoms with van der Waals surface area (Å²) in [5, 5.41) is 3.45. The molecule has 1 N–H and O–H groups in total. The number of hydrogen-bond donors (Lipinski definition) is 1. The third-order valence-corrected chi connectivity index (χ3v) is 2.91. The molecule has 0 aliphatic carbocycles. The molecule has 3 nitrogen and oxygen atoms in total. The number of hydrogen-bond acceptors (Lipinski definition) is 3. The van der Waals surface area contributed by atoms with E-state index in [1.807, 2.05) is 36.5 Å². The zero-order chi connectivity index (χ0) is 12.8. The van der Waals surface area contributed by atoms with Crippen LogP contribution in [0.4, 0.5) is 0 Å². The van der Waals surface area contributed by atoms with E-state index in [1.54, 1.807) is 7.11 Å². The Kier molecular flexibility index (Phi) is 4.31. The summed E-state index contributed by atoms with van der Waals surface area (Å²) in [6, 6.07) is 14.3. The highest BCUT2D eigenvalue weighted by Gasteiger charge is 2.05. The lowest BCUT2D eigenvalue weighted by Crippen LogP contribution is -2.18. The average molecular weight is 242 g/mol. The van der Waals surface area contributed by atoms with Crippen LogP contribution in [-0.4, -0.2) is 12.1 Å². The Morgan fingerprint density at radius 2 is 2.11 bits per heavy atom.